The molecular formula is C9H11N5O3. The third kappa shape index (κ3) is 2.02. The second-order valence-corrected chi connectivity index (χ2v) is 3.39. The summed E-state index contributed by atoms with van der Waals surface area (Å²) in [4.78, 5) is 22.7. The van der Waals surface area contributed by atoms with E-state index in [-0.39, 0.29) is 12.4 Å². The van der Waals surface area contributed by atoms with Crippen LogP contribution in [0.4, 0.5) is 5.82 Å². The lowest BCUT2D eigenvalue weighted by Gasteiger charge is -2.10. The Morgan fingerprint density at radius 1 is 1.59 bits per heavy atom. The van der Waals surface area contributed by atoms with Crippen LogP contribution in [0.3, 0.4) is 0 Å². The second kappa shape index (κ2) is 4.34. The van der Waals surface area contributed by atoms with Gasteiger partial charge in [0.1, 0.15) is 11.8 Å². The van der Waals surface area contributed by atoms with Gasteiger partial charge in [0, 0.05) is 7.11 Å². The Kier molecular flexibility index (Phi) is 2.88. The van der Waals surface area contributed by atoms with E-state index in [0.717, 1.165) is 0 Å². The minimum atomic E-state index is -1.05. The lowest BCUT2D eigenvalue weighted by atomic mass is 10.3. The van der Waals surface area contributed by atoms with Gasteiger partial charge in [-0.2, -0.15) is 0 Å². The monoisotopic (exact) mass is 237 g/mol. The quantitative estimate of drug-likeness (QED) is 0.736. The Bertz CT molecular complexity index is 553. The maximum absolute atomic E-state index is 10.8. The van der Waals surface area contributed by atoms with Crippen LogP contribution in [0.15, 0.2) is 12.7 Å². The van der Waals surface area contributed by atoms with Crippen molar-refractivity contribution in [1.82, 2.24) is 19.5 Å². The number of methoxy groups -OCH3 is 1. The number of nitrogens with two attached hydrogens (primary N) is 1. The minimum absolute atomic E-state index is 0.110. The van der Waals surface area contributed by atoms with E-state index in [1.807, 2.05) is 0 Å². The number of fused-ring (bicyclic) bond motifs is 1. The summed E-state index contributed by atoms with van der Waals surface area (Å²) in [5.74, 6) is -0.783. The molecule has 2 aromatic heterocycles. The average Bonchev–Trinajstić information content (AvgIpc) is 2.70. The van der Waals surface area contributed by atoms with Gasteiger partial charge < -0.3 is 20.1 Å². The predicted octanol–water partition coefficient (Wildman–Crippen LogP) is -0.492. The number of carboxylic acids is 1. The first-order chi connectivity index (χ1) is 8.13. The lowest BCUT2D eigenvalue weighted by Crippen LogP contribution is -2.27. The van der Waals surface area contributed by atoms with Crippen molar-refractivity contribution in [1.29, 1.82) is 0 Å². The maximum Gasteiger partial charge on any atom is 0.334 e. The van der Waals surface area contributed by atoms with E-state index in [0.29, 0.717) is 11.2 Å². The summed E-state index contributed by atoms with van der Waals surface area (Å²) in [6.45, 7) is 0.110. The largest absolute Gasteiger partial charge is 0.479 e. The summed E-state index contributed by atoms with van der Waals surface area (Å²) >= 11 is 0. The normalized spacial score (nSPS) is 12.8. The number of nitrogen functional groups attached to an aromatic ring is 1. The Morgan fingerprint density at radius 3 is 3.00 bits per heavy atom. The fourth-order valence-electron chi connectivity index (χ4n) is 1.46. The van der Waals surface area contributed by atoms with Crippen LogP contribution in [-0.2, 0) is 16.1 Å². The van der Waals surface area contributed by atoms with Crippen LogP contribution in [0.5, 0.6) is 0 Å². The third-order valence-corrected chi connectivity index (χ3v) is 2.35. The molecule has 3 N–H and O–H groups in total. The highest BCUT2D eigenvalue weighted by Crippen LogP contribution is 2.14. The number of carboxylic acid groups (broad SMARTS) is 1. The number of hydrogen-bond acceptors (Lipinski definition) is 6. The van der Waals surface area contributed by atoms with Crippen LogP contribution in [0.25, 0.3) is 11.2 Å². The summed E-state index contributed by atoms with van der Waals surface area (Å²) in [5.41, 5.74) is 6.56. The van der Waals surface area contributed by atoms with Crippen molar-refractivity contribution >= 4 is 23.0 Å². The van der Waals surface area contributed by atoms with Crippen molar-refractivity contribution in [3.8, 4) is 0 Å². The molecular weight excluding hydrogens is 226 g/mol. The summed E-state index contributed by atoms with van der Waals surface area (Å²) in [6.07, 6.45) is 1.81. The first-order valence-electron chi connectivity index (χ1n) is 4.80. The van der Waals surface area contributed by atoms with Crippen molar-refractivity contribution in [3.05, 3.63) is 12.7 Å². The van der Waals surface area contributed by atoms with E-state index in [9.17, 15) is 4.79 Å². The van der Waals surface area contributed by atoms with Gasteiger partial charge in [0.15, 0.2) is 17.6 Å². The number of aliphatic carboxylic acids is 1. The van der Waals surface area contributed by atoms with Crippen molar-refractivity contribution in [2.75, 3.05) is 12.8 Å². The Balaban J connectivity index is 2.37. The van der Waals surface area contributed by atoms with Crippen LogP contribution >= 0.6 is 0 Å². The van der Waals surface area contributed by atoms with E-state index in [4.69, 9.17) is 15.6 Å². The molecule has 0 saturated carbocycles. The molecule has 90 valence electrons. The lowest BCUT2D eigenvalue weighted by molar-refractivity contribution is -0.149. The molecule has 0 spiro atoms. The van der Waals surface area contributed by atoms with E-state index in [1.54, 1.807) is 4.57 Å². The van der Waals surface area contributed by atoms with Gasteiger partial charge in [-0.25, -0.2) is 19.7 Å². The molecule has 0 aliphatic rings. The van der Waals surface area contributed by atoms with Gasteiger partial charge in [-0.1, -0.05) is 0 Å². The minimum Gasteiger partial charge on any atom is -0.479 e. The molecule has 0 amide bonds. The van der Waals surface area contributed by atoms with Crippen LogP contribution in [0.1, 0.15) is 0 Å². The number of imidazole rings is 1. The summed E-state index contributed by atoms with van der Waals surface area (Å²) in [6, 6.07) is 0. The van der Waals surface area contributed by atoms with Gasteiger partial charge in [-0.3, -0.25) is 0 Å². The molecule has 0 aliphatic heterocycles. The molecule has 2 heterocycles. The van der Waals surface area contributed by atoms with Crippen molar-refractivity contribution in [2.24, 2.45) is 0 Å². The summed E-state index contributed by atoms with van der Waals surface area (Å²) < 4.78 is 6.41. The number of hydrogen-bond donors (Lipinski definition) is 2. The van der Waals surface area contributed by atoms with Crippen LogP contribution < -0.4 is 5.73 Å². The zero-order chi connectivity index (χ0) is 12.4. The molecule has 0 aliphatic carbocycles. The van der Waals surface area contributed by atoms with Crippen molar-refractivity contribution < 1.29 is 14.6 Å². The van der Waals surface area contributed by atoms with Gasteiger partial charge in [-0.05, 0) is 0 Å². The zero-order valence-corrected chi connectivity index (χ0v) is 9.07. The van der Waals surface area contributed by atoms with Gasteiger partial charge in [0.25, 0.3) is 0 Å². The van der Waals surface area contributed by atoms with E-state index >= 15 is 0 Å². The van der Waals surface area contributed by atoms with E-state index < -0.39 is 12.1 Å². The first-order valence-corrected chi connectivity index (χ1v) is 4.80. The van der Waals surface area contributed by atoms with E-state index in [2.05, 4.69) is 15.0 Å². The fourth-order valence-corrected chi connectivity index (χ4v) is 1.46. The zero-order valence-electron chi connectivity index (χ0n) is 9.07. The van der Waals surface area contributed by atoms with Crippen LogP contribution in [0.2, 0.25) is 0 Å². The number of aromatic nitrogens is 4. The van der Waals surface area contributed by atoms with E-state index in [1.165, 1.54) is 19.8 Å². The molecule has 0 saturated heterocycles. The molecule has 2 aromatic rings. The van der Waals surface area contributed by atoms with Gasteiger partial charge in [-0.15, -0.1) is 0 Å². The average molecular weight is 237 g/mol. The molecule has 17 heavy (non-hydrogen) atoms. The Hall–Kier alpha value is -2.22. The molecule has 8 nitrogen and oxygen atoms in total. The number of nitrogens with zero attached hydrogens (tertiary/aromatic N) is 4. The molecule has 1 unspecified atom stereocenters. The summed E-state index contributed by atoms with van der Waals surface area (Å²) in [5, 5.41) is 8.88. The number of anilines is 1. The highest BCUT2D eigenvalue weighted by molar-refractivity contribution is 5.81. The fraction of sp³-hybridized carbons (Fsp3) is 0.333. The van der Waals surface area contributed by atoms with Gasteiger partial charge >= 0.3 is 5.97 Å². The third-order valence-electron chi connectivity index (χ3n) is 2.35. The molecule has 8 heteroatoms. The molecule has 0 bridgehead atoms. The van der Waals surface area contributed by atoms with Crippen molar-refractivity contribution in [2.45, 2.75) is 12.6 Å². The second-order valence-electron chi connectivity index (χ2n) is 3.39. The molecule has 0 aromatic carbocycles. The van der Waals surface area contributed by atoms with Gasteiger partial charge in [0.2, 0.25) is 0 Å². The molecule has 0 radical (unpaired) electrons. The predicted molar refractivity (Wildman–Crippen MR) is 58.2 cm³/mol. The van der Waals surface area contributed by atoms with Crippen molar-refractivity contribution in [3.63, 3.8) is 0 Å². The molecule has 2 rings (SSSR count). The SMILES string of the molecule is COC(Cn1cnc2c(N)ncnc21)C(=O)O. The van der Waals surface area contributed by atoms with Crippen LogP contribution in [-0.4, -0.2) is 43.8 Å². The number of ether oxygens (including phenoxy) is 1. The van der Waals surface area contributed by atoms with Crippen LogP contribution in [0, 0.1) is 0 Å². The maximum atomic E-state index is 10.8. The molecule has 0 fully saturated rings. The smallest absolute Gasteiger partial charge is 0.334 e. The first kappa shape index (κ1) is 11.3. The Morgan fingerprint density at radius 2 is 2.35 bits per heavy atom. The standard InChI is InChI=1S/C9H11N5O3/c1-17-5(9(15)16)2-14-4-13-6-7(10)11-3-12-8(6)14/h3-5H,2H2,1H3,(H,15,16)(H2,10,11,12). The van der Waals surface area contributed by atoms with Gasteiger partial charge in [0.05, 0.1) is 12.9 Å². The Labute approximate surface area is 96.1 Å². The number of carbonyl (C=O) groups is 1. The molecule has 1 atom stereocenters. The highest BCUT2D eigenvalue weighted by Gasteiger charge is 2.19. The number of rotatable bonds is 4. The summed E-state index contributed by atoms with van der Waals surface area (Å²) in [7, 11) is 1.33. The topological polar surface area (TPSA) is 116 Å². The highest BCUT2D eigenvalue weighted by atomic mass is 16.5.